The van der Waals surface area contributed by atoms with Crippen LogP contribution in [0.25, 0.3) is 0 Å². The van der Waals surface area contributed by atoms with Crippen LogP contribution in [-0.4, -0.2) is 59.1 Å². The van der Waals surface area contributed by atoms with Crippen LogP contribution < -0.4 is 5.32 Å². The minimum atomic E-state index is -2.52. The van der Waals surface area contributed by atoms with Crippen molar-refractivity contribution in [2.75, 3.05) is 14.2 Å². The number of hydrogen-bond acceptors (Lipinski definition) is 10. The fourth-order valence-corrected chi connectivity index (χ4v) is 7.18. The lowest BCUT2D eigenvalue weighted by molar-refractivity contribution is -0.156. The molecule has 6 rings (SSSR count). The van der Waals surface area contributed by atoms with E-state index < -0.39 is 17.3 Å². The van der Waals surface area contributed by atoms with Crippen molar-refractivity contribution in [1.29, 1.82) is 0 Å². The molecule has 0 aromatic rings. The highest BCUT2D eigenvalue weighted by molar-refractivity contribution is 6.26. The van der Waals surface area contributed by atoms with Crippen LogP contribution >= 0.6 is 0 Å². The molecule has 1 saturated heterocycles. The lowest BCUT2D eigenvalue weighted by atomic mass is 9.83. The number of allylic oxidation sites excluding steroid dienone is 11. The Balaban J connectivity index is 1.69. The zero-order valence-corrected chi connectivity index (χ0v) is 27.2. The molecule has 10 nitrogen and oxygen atoms in total. The molecule has 0 spiro atoms. The van der Waals surface area contributed by atoms with Crippen LogP contribution in [0.2, 0.25) is 0 Å². The standard InChI is InChI=1S/C36H38N4O6/c1-9-20-16(3)23-13-25-18(5)22(11-12-29(41)45-7)32(39-25)31-33-30(34(42)36(31,44)35(43)46-8)19(6)26(40-33)15-28-21(10-2)17(4)24(38-28)14-27(20)37-23/h9,13-15,18,22,39,42,44H,1,10-12H2,2-8H3/t18-,22?,36-/m0/s1. The number of methoxy groups -OCH3 is 2. The van der Waals surface area contributed by atoms with Crippen molar-refractivity contribution in [2.45, 2.75) is 59.5 Å². The van der Waals surface area contributed by atoms with E-state index in [9.17, 15) is 19.8 Å². The molecule has 3 atom stereocenters. The molecule has 0 aromatic heterocycles. The number of rotatable bonds is 6. The third-order valence-corrected chi connectivity index (χ3v) is 9.88. The second kappa shape index (κ2) is 11.2. The Labute approximate surface area is 268 Å². The minimum Gasteiger partial charge on any atom is -0.507 e. The number of nitrogens with one attached hydrogen (secondary N) is 1. The summed E-state index contributed by atoms with van der Waals surface area (Å²) in [5, 5.41) is 27.2. The smallest absolute Gasteiger partial charge is 0.350 e. The molecule has 238 valence electrons. The molecule has 5 heterocycles. The summed E-state index contributed by atoms with van der Waals surface area (Å²) < 4.78 is 10.0. The van der Waals surface area contributed by atoms with Crippen LogP contribution in [0.15, 0.2) is 119 Å². The van der Waals surface area contributed by atoms with Gasteiger partial charge in [0.1, 0.15) is 0 Å². The summed E-state index contributed by atoms with van der Waals surface area (Å²) in [6.45, 7) is 13.9. The van der Waals surface area contributed by atoms with Gasteiger partial charge in [-0.3, -0.25) is 4.79 Å². The van der Waals surface area contributed by atoms with Gasteiger partial charge < -0.3 is 25.0 Å². The van der Waals surface area contributed by atoms with Crippen molar-refractivity contribution < 1.29 is 29.3 Å². The predicted octanol–water partition coefficient (Wildman–Crippen LogP) is 5.31. The van der Waals surface area contributed by atoms with E-state index in [-0.39, 0.29) is 41.1 Å². The van der Waals surface area contributed by atoms with Crippen molar-refractivity contribution in [3.05, 3.63) is 104 Å². The second-order valence-electron chi connectivity index (χ2n) is 12.2. The maximum absolute atomic E-state index is 13.4. The van der Waals surface area contributed by atoms with E-state index in [2.05, 4.69) is 18.8 Å². The van der Waals surface area contributed by atoms with Crippen LogP contribution in [0.1, 0.15) is 53.9 Å². The summed E-state index contributed by atoms with van der Waals surface area (Å²) in [6, 6.07) is 0. The Bertz CT molecular complexity index is 1890. The Morgan fingerprint density at radius 3 is 2.37 bits per heavy atom. The molecule has 0 radical (unpaired) electrons. The Morgan fingerprint density at radius 1 is 1.02 bits per heavy atom. The highest BCUT2D eigenvalue weighted by atomic mass is 16.5. The number of carbonyl (C=O) groups is 2. The number of hydrogen-bond donors (Lipinski definition) is 3. The van der Waals surface area contributed by atoms with Crippen LogP contribution in [0, 0.1) is 11.8 Å². The fourth-order valence-electron chi connectivity index (χ4n) is 7.18. The molecular weight excluding hydrogens is 584 g/mol. The minimum absolute atomic E-state index is 0.0975. The average Bonchev–Trinajstić information content (AvgIpc) is 3.76. The lowest BCUT2D eigenvalue weighted by Crippen LogP contribution is -2.44. The lowest BCUT2D eigenvalue weighted by Gasteiger charge is -2.26. The zero-order chi connectivity index (χ0) is 33.2. The first kappa shape index (κ1) is 31.2. The van der Waals surface area contributed by atoms with E-state index in [1.54, 1.807) is 13.0 Å². The SMILES string of the molecule is C=CC1=C(C)C2=NC1=CC1=NC(=CC3=C(C)C4=C(O)[C@](O)(C(=O)OC)C(=C5NC(=C2)[C@@H](C)C5CCC(=O)OC)C4=N3)C(CC)=C1C. The number of carbonyl (C=O) groups excluding carboxylic acids is 2. The topological polar surface area (TPSA) is 142 Å². The summed E-state index contributed by atoms with van der Waals surface area (Å²) in [4.78, 5) is 40.6. The molecule has 1 aliphatic carbocycles. The van der Waals surface area contributed by atoms with Gasteiger partial charge in [0.2, 0.25) is 5.60 Å². The van der Waals surface area contributed by atoms with E-state index in [0.717, 1.165) is 64.3 Å². The van der Waals surface area contributed by atoms with Gasteiger partial charge in [-0.1, -0.05) is 26.5 Å². The van der Waals surface area contributed by atoms with Crippen LogP contribution in [-0.2, 0) is 19.1 Å². The number of aliphatic hydroxyl groups is 2. The number of ether oxygens (including phenoxy) is 2. The summed E-state index contributed by atoms with van der Waals surface area (Å²) in [5.41, 5.74) is 7.41. The van der Waals surface area contributed by atoms with E-state index in [1.807, 2.05) is 39.0 Å². The fraction of sp³-hybridized carbons (Fsp3) is 0.361. The van der Waals surface area contributed by atoms with Crippen molar-refractivity contribution >= 4 is 29.1 Å². The predicted molar refractivity (Wildman–Crippen MR) is 176 cm³/mol. The highest BCUT2D eigenvalue weighted by Gasteiger charge is 2.59. The maximum atomic E-state index is 13.4. The van der Waals surface area contributed by atoms with Gasteiger partial charge in [-0.15, -0.1) is 0 Å². The van der Waals surface area contributed by atoms with Gasteiger partial charge >= 0.3 is 11.9 Å². The molecule has 1 fully saturated rings. The molecule has 1 unspecified atom stereocenters. The molecule has 0 amide bonds. The Kier molecular flexibility index (Phi) is 7.59. The third kappa shape index (κ3) is 4.38. The van der Waals surface area contributed by atoms with E-state index in [1.165, 1.54) is 7.11 Å². The van der Waals surface area contributed by atoms with Crippen molar-refractivity contribution in [2.24, 2.45) is 26.8 Å². The summed E-state index contributed by atoms with van der Waals surface area (Å²) in [6.07, 6.45) is 8.77. The van der Waals surface area contributed by atoms with E-state index >= 15 is 0 Å². The van der Waals surface area contributed by atoms with Gasteiger partial charge in [0.25, 0.3) is 0 Å². The largest absolute Gasteiger partial charge is 0.507 e. The molecular formula is C36H38N4O6. The van der Waals surface area contributed by atoms with Crippen molar-refractivity contribution in [1.82, 2.24) is 5.32 Å². The summed E-state index contributed by atoms with van der Waals surface area (Å²) >= 11 is 0. The van der Waals surface area contributed by atoms with Crippen molar-refractivity contribution in [3.63, 3.8) is 0 Å². The van der Waals surface area contributed by atoms with Gasteiger partial charge in [-0.05, 0) is 74.1 Å². The molecule has 10 heteroatoms. The van der Waals surface area contributed by atoms with E-state index in [4.69, 9.17) is 24.5 Å². The Morgan fingerprint density at radius 2 is 1.72 bits per heavy atom. The number of fused-ring (bicyclic) bond motifs is 5. The van der Waals surface area contributed by atoms with Gasteiger partial charge in [0, 0.05) is 46.4 Å². The van der Waals surface area contributed by atoms with Crippen LogP contribution in [0.4, 0.5) is 0 Å². The molecule has 0 aromatic carbocycles. The summed E-state index contributed by atoms with van der Waals surface area (Å²) in [5.74, 6) is -2.57. The normalized spacial score (nSPS) is 26.6. The third-order valence-electron chi connectivity index (χ3n) is 9.88. The number of aliphatic imine (C=N–C) groups is 3. The first-order valence-electron chi connectivity index (χ1n) is 15.4. The highest BCUT2D eigenvalue weighted by Crippen LogP contribution is 2.50. The molecule has 8 bridgehead atoms. The molecule has 0 saturated carbocycles. The van der Waals surface area contributed by atoms with E-state index in [0.29, 0.717) is 23.4 Å². The molecule has 6 aliphatic rings. The van der Waals surface area contributed by atoms with Crippen LogP contribution in [0.3, 0.4) is 0 Å². The first-order chi connectivity index (χ1) is 21.9. The molecule has 46 heavy (non-hydrogen) atoms. The van der Waals surface area contributed by atoms with Gasteiger partial charge in [-0.25, -0.2) is 19.8 Å². The van der Waals surface area contributed by atoms with Crippen LogP contribution in [0.5, 0.6) is 0 Å². The zero-order valence-electron chi connectivity index (χ0n) is 27.2. The maximum Gasteiger partial charge on any atom is 0.350 e. The average molecular weight is 623 g/mol. The monoisotopic (exact) mass is 622 g/mol. The Hall–Kier alpha value is -4.83. The first-order valence-corrected chi connectivity index (χ1v) is 15.4. The van der Waals surface area contributed by atoms with Gasteiger partial charge in [0.15, 0.2) is 5.76 Å². The summed E-state index contributed by atoms with van der Waals surface area (Å²) in [7, 11) is 2.49. The number of nitrogens with zero attached hydrogens (tertiary/aromatic N) is 3. The van der Waals surface area contributed by atoms with Crippen molar-refractivity contribution in [3.8, 4) is 0 Å². The molecule has 3 N–H and O–H groups in total. The number of aliphatic hydroxyl groups excluding tert-OH is 1. The van der Waals surface area contributed by atoms with Gasteiger partial charge in [-0.2, -0.15) is 0 Å². The van der Waals surface area contributed by atoms with Gasteiger partial charge in [0.05, 0.1) is 48.4 Å². The second-order valence-corrected chi connectivity index (χ2v) is 12.2. The molecule has 5 aliphatic heterocycles. The number of esters is 2. The quantitative estimate of drug-likeness (QED) is 0.341.